The number of rotatable bonds is 5. The first-order valence-electron chi connectivity index (χ1n) is 4.98. The second-order valence-corrected chi connectivity index (χ2v) is 3.19. The summed E-state index contributed by atoms with van der Waals surface area (Å²) >= 11 is 0. The lowest BCUT2D eigenvalue weighted by Gasteiger charge is -2.17. The van der Waals surface area contributed by atoms with Crippen molar-refractivity contribution >= 4 is 0 Å². The number of hydrogen-bond acceptors (Lipinski definition) is 3. The third kappa shape index (κ3) is 2.63. The summed E-state index contributed by atoms with van der Waals surface area (Å²) in [5.41, 5.74) is 0.874. The maximum atomic E-state index is 9.09. The van der Waals surface area contributed by atoms with Crippen molar-refractivity contribution in [2.45, 2.75) is 12.8 Å². The molecular weight excluding hydrogens is 192 g/mol. The zero-order chi connectivity index (χ0) is 11.3. The van der Waals surface area contributed by atoms with Crippen molar-refractivity contribution in [1.82, 2.24) is 0 Å². The van der Waals surface area contributed by atoms with Gasteiger partial charge in [-0.15, -0.1) is 0 Å². The van der Waals surface area contributed by atoms with Gasteiger partial charge in [0.05, 0.1) is 20.3 Å². The van der Waals surface area contributed by atoms with Crippen LogP contribution in [0.1, 0.15) is 18.4 Å². The number of aliphatic hydroxyl groups excluding tert-OH is 1. The lowest BCUT2D eigenvalue weighted by atomic mass is 10.0. The van der Waals surface area contributed by atoms with E-state index in [2.05, 4.69) is 6.92 Å². The van der Waals surface area contributed by atoms with E-state index >= 15 is 0 Å². The molecule has 1 radical (unpaired) electrons. The summed E-state index contributed by atoms with van der Waals surface area (Å²) < 4.78 is 10.7. The van der Waals surface area contributed by atoms with E-state index in [1.54, 1.807) is 7.11 Å². The zero-order valence-corrected chi connectivity index (χ0v) is 9.19. The molecule has 15 heavy (non-hydrogen) atoms. The van der Waals surface area contributed by atoms with Gasteiger partial charge in [0, 0.05) is 11.5 Å². The lowest BCUT2D eigenvalue weighted by Crippen LogP contribution is -2.05. The minimum atomic E-state index is -0.193. The van der Waals surface area contributed by atoms with E-state index in [0.29, 0.717) is 18.1 Å². The molecule has 3 heteroatoms. The number of aliphatic hydroxyl groups is 1. The number of para-hydroxylation sites is 1. The maximum Gasteiger partial charge on any atom is 0.164 e. The Labute approximate surface area is 90.6 Å². The van der Waals surface area contributed by atoms with Gasteiger partial charge in [-0.3, -0.25) is 0 Å². The molecule has 0 aliphatic rings. The summed E-state index contributed by atoms with van der Waals surface area (Å²) in [6.45, 7) is 6.32. The van der Waals surface area contributed by atoms with E-state index in [4.69, 9.17) is 14.6 Å². The van der Waals surface area contributed by atoms with Crippen molar-refractivity contribution in [2.75, 3.05) is 20.3 Å². The minimum Gasteiger partial charge on any atom is -0.493 e. The Kier molecular flexibility index (Phi) is 4.43. The minimum absolute atomic E-state index is 0.00670. The van der Waals surface area contributed by atoms with Gasteiger partial charge in [-0.1, -0.05) is 12.1 Å². The highest BCUT2D eigenvalue weighted by molar-refractivity contribution is 5.48. The number of ether oxygens (including phenoxy) is 2. The Balaban J connectivity index is 3.12. The molecular formula is C12H17O3. The third-order valence-corrected chi connectivity index (χ3v) is 2.18. The van der Waals surface area contributed by atoms with Crippen LogP contribution in [0.5, 0.6) is 11.5 Å². The van der Waals surface area contributed by atoms with Gasteiger partial charge in [-0.25, -0.2) is 0 Å². The van der Waals surface area contributed by atoms with Crippen LogP contribution in [-0.4, -0.2) is 25.4 Å². The summed E-state index contributed by atoms with van der Waals surface area (Å²) in [7, 11) is 1.60. The fraction of sp³-hybridized carbons (Fsp3) is 0.417. The Hall–Kier alpha value is -1.22. The molecule has 1 unspecified atom stereocenters. The van der Waals surface area contributed by atoms with Crippen LogP contribution in [0.4, 0.5) is 0 Å². The summed E-state index contributed by atoms with van der Waals surface area (Å²) in [4.78, 5) is 0. The van der Waals surface area contributed by atoms with Crippen LogP contribution >= 0.6 is 0 Å². The smallest absolute Gasteiger partial charge is 0.164 e. The molecule has 1 aromatic carbocycles. The molecule has 3 nitrogen and oxygen atoms in total. The number of hydrogen-bond donors (Lipinski definition) is 1. The van der Waals surface area contributed by atoms with Crippen molar-refractivity contribution in [3.8, 4) is 11.5 Å². The second kappa shape index (κ2) is 5.61. The zero-order valence-electron chi connectivity index (χ0n) is 9.19. The van der Waals surface area contributed by atoms with E-state index in [9.17, 15) is 0 Å². The van der Waals surface area contributed by atoms with E-state index in [1.807, 2.05) is 25.1 Å². The maximum absolute atomic E-state index is 9.09. The van der Waals surface area contributed by atoms with Crippen LogP contribution in [0.15, 0.2) is 18.2 Å². The lowest BCUT2D eigenvalue weighted by molar-refractivity contribution is 0.271. The Morgan fingerprint density at radius 1 is 1.47 bits per heavy atom. The molecule has 0 aliphatic carbocycles. The molecule has 1 atom stereocenters. The van der Waals surface area contributed by atoms with Crippen molar-refractivity contribution in [3.05, 3.63) is 30.7 Å². The number of benzene rings is 1. The predicted molar refractivity (Wildman–Crippen MR) is 59.3 cm³/mol. The fourth-order valence-electron chi connectivity index (χ4n) is 1.41. The first-order valence-corrected chi connectivity index (χ1v) is 4.98. The van der Waals surface area contributed by atoms with Gasteiger partial charge >= 0.3 is 0 Å². The van der Waals surface area contributed by atoms with Crippen molar-refractivity contribution < 1.29 is 14.6 Å². The molecule has 1 aromatic rings. The molecule has 0 amide bonds. The Bertz CT molecular complexity index is 310. The van der Waals surface area contributed by atoms with Crippen LogP contribution in [0.25, 0.3) is 0 Å². The monoisotopic (exact) mass is 209 g/mol. The molecule has 0 saturated heterocycles. The molecule has 0 fully saturated rings. The predicted octanol–water partition coefficient (Wildman–Crippen LogP) is 2.00. The Morgan fingerprint density at radius 2 is 2.20 bits per heavy atom. The summed E-state index contributed by atoms with van der Waals surface area (Å²) in [6.07, 6.45) is 0. The second-order valence-electron chi connectivity index (χ2n) is 3.19. The van der Waals surface area contributed by atoms with Crippen LogP contribution in [0.3, 0.4) is 0 Å². The molecule has 1 rings (SSSR count). The molecule has 0 spiro atoms. The van der Waals surface area contributed by atoms with E-state index < -0.39 is 0 Å². The first kappa shape index (κ1) is 11.9. The SMILES string of the molecule is [CH2]C(CO)c1cccc(OC)c1OCC. The van der Waals surface area contributed by atoms with Crippen LogP contribution in [0.2, 0.25) is 0 Å². The summed E-state index contributed by atoms with van der Waals surface area (Å²) in [5, 5.41) is 9.09. The van der Waals surface area contributed by atoms with Gasteiger partial charge in [0.25, 0.3) is 0 Å². The highest BCUT2D eigenvalue weighted by Crippen LogP contribution is 2.35. The highest BCUT2D eigenvalue weighted by atomic mass is 16.5. The fourth-order valence-corrected chi connectivity index (χ4v) is 1.41. The van der Waals surface area contributed by atoms with Gasteiger partial charge in [-0.05, 0) is 19.9 Å². The van der Waals surface area contributed by atoms with Gasteiger partial charge in [0.15, 0.2) is 11.5 Å². The number of methoxy groups -OCH3 is 1. The van der Waals surface area contributed by atoms with Crippen molar-refractivity contribution in [3.63, 3.8) is 0 Å². The van der Waals surface area contributed by atoms with Crippen molar-refractivity contribution in [1.29, 1.82) is 0 Å². The van der Waals surface area contributed by atoms with Crippen LogP contribution < -0.4 is 9.47 Å². The normalized spacial score (nSPS) is 12.3. The molecule has 0 aromatic heterocycles. The standard InChI is InChI=1S/C12H17O3/c1-4-15-12-10(9(2)8-13)6-5-7-11(12)14-3/h5-7,9,13H,2,4,8H2,1,3H3. The topological polar surface area (TPSA) is 38.7 Å². The average molecular weight is 209 g/mol. The molecule has 1 N–H and O–H groups in total. The van der Waals surface area contributed by atoms with Crippen molar-refractivity contribution in [2.24, 2.45) is 0 Å². The highest BCUT2D eigenvalue weighted by Gasteiger charge is 2.14. The average Bonchev–Trinajstić information content (AvgIpc) is 2.28. The van der Waals surface area contributed by atoms with Gasteiger partial charge in [-0.2, -0.15) is 0 Å². The van der Waals surface area contributed by atoms with E-state index in [0.717, 1.165) is 5.56 Å². The molecule has 0 bridgehead atoms. The summed E-state index contributed by atoms with van der Waals surface area (Å²) in [6, 6.07) is 5.59. The van der Waals surface area contributed by atoms with Crippen LogP contribution in [-0.2, 0) is 0 Å². The molecule has 0 heterocycles. The molecule has 0 saturated carbocycles. The molecule has 83 valence electrons. The van der Waals surface area contributed by atoms with E-state index in [1.165, 1.54) is 0 Å². The Morgan fingerprint density at radius 3 is 2.73 bits per heavy atom. The molecule has 0 aliphatic heterocycles. The van der Waals surface area contributed by atoms with Crippen LogP contribution in [0, 0.1) is 6.92 Å². The largest absolute Gasteiger partial charge is 0.493 e. The summed E-state index contributed by atoms with van der Waals surface area (Å²) in [5.74, 6) is 1.16. The van der Waals surface area contributed by atoms with E-state index in [-0.39, 0.29) is 12.5 Å². The van der Waals surface area contributed by atoms with Gasteiger partial charge in [0.1, 0.15) is 0 Å². The van der Waals surface area contributed by atoms with Gasteiger partial charge in [0.2, 0.25) is 0 Å². The first-order chi connectivity index (χ1) is 7.24. The van der Waals surface area contributed by atoms with Gasteiger partial charge < -0.3 is 14.6 Å². The third-order valence-electron chi connectivity index (χ3n) is 2.18. The quantitative estimate of drug-likeness (QED) is 0.806.